The van der Waals surface area contributed by atoms with Crippen LogP contribution in [0.1, 0.15) is 39.0 Å². The Bertz CT molecular complexity index is 1280. The Kier molecular flexibility index (Phi) is 5.85. The Morgan fingerprint density at radius 1 is 1.17 bits per heavy atom. The van der Waals surface area contributed by atoms with Gasteiger partial charge in [-0.05, 0) is 25.2 Å². The van der Waals surface area contributed by atoms with Crippen LogP contribution in [0.15, 0.2) is 18.6 Å². The van der Waals surface area contributed by atoms with E-state index < -0.39 is 10.0 Å². The van der Waals surface area contributed by atoms with Crippen LogP contribution in [-0.4, -0.2) is 86.2 Å². The number of H-pyrrole nitrogens is 1. The van der Waals surface area contributed by atoms with E-state index in [4.69, 9.17) is 14.6 Å². The number of hydrogen-bond donors (Lipinski definition) is 2. The SMILES string of the molecule is C[C@@H]1CN(S(=O)(=O)C2CC2)CC[C@@H]1Nc1nc2cnc(-c3cn[nH]c3)c(OC3CCOCC3)n2n1. The van der Waals surface area contributed by atoms with Crippen LogP contribution < -0.4 is 10.1 Å². The number of sulfonamides is 1. The minimum Gasteiger partial charge on any atom is -0.473 e. The summed E-state index contributed by atoms with van der Waals surface area (Å²) < 4.78 is 40.5. The Hall–Kier alpha value is -2.77. The van der Waals surface area contributed by atoms with E-state index >= 15 is 0 Å². The topological polar surface area (TPSA) is 140 Å². The number of anilines is 1. The first-order chi connectivity index (χ1) is 17.0. The lowest BCUT2D eigenvalue weighted by Gasteiger charge is -2.36. The number of piperidine rings is 1. The van der Waals surface area contributed by atoms with Gasteiger partial charge in [-0.1, -0.05) is 6.92 Å². The summed E-state index contributed by atoms with van der Waals surface area (Å²) in [6.45, 7) is 4.41. The molecule has 188 valence electrons. The third-order valence-corrected chi connectivity index (χ3v) is 9.41. The van der Waals surface area contributed by atoms with Crippen LogP contribution in [0, 0.1) is 5.92 Å². The van der Waals surface area contributed by atoms with Gasteiger partial charge in [0.1, 0.15) is 11.8 Å². The van der Waals surface area contributed by atoms with Crippen molar-refractivity contribution in [2.24, 2.45) is 5.92 Å². The molecule has 1 aliphatic carbocycles. The second-order valence-corrected chi connectivity index (χ2v) is 11.9. The van der Waals surface area contributed by atoms with Crippen molar-refractivity contribution in [1.82, 2.24) is 34.1 Å². The second-order valence-electron chi connectivity index (χ2n) is 9.65. The fourth-order valence-electron chi connectivity index (χ4n) is 4.83. The molecule has 0 aromatic carbocycles. The van der Waals surface area contributed by atoms with Gasteiger partial charge in [0.05, 0.1) is 30.9 Å². The highest BCUT2D eigenvalue weighted by Gasteiger charge is 2.42. The van der Waals surface area contributed by atoms with Gasteiger partial charge < -0.3 is 14.8 Å². The summed E-state index contributed by atoms with van der Waals surface area (Å²) in [5.41, 5.74) is 2.01. The molecular weight excluding hydrogens is 472 g/mol. The first kappa shape index (κ1) is 22.7. The summed E-state index contributed by atoms with van der Waals surface area (Å²) in [7, 11) is -3.16. The van der Waals surface area contributed by atoms with Crippen molar-refractivity contribution < 1.29 is 17.9 Å². The van der Waals surface area contributed by atoms with E-state index in [1.54, 1.807) is 27.4 Å². The van der Waals surface area contributed by atoms with Crippen LogP contribution in [0.5, 0.6) is 5.88 Å². The maximum Gasteiger partial charge on any atom is 0.244 e. The van der Waals surface area contributed by atoms with Gasteiger partial charge >= 0.3 is 0 Å². The molecule has 3 fully saturated rings. The van der Waals surface area contributed by atoms with E-state index in [-0.39, 0.29) is 23.3 Å². The second kappa shape index (κ2) is 9.03. The fraction of sp³-hybridized carbons (Fsp3) is 0.636. The summed E-state index contributed by atoms with van der Waals surface area (Å²) in [4.78, 5) is 9.25. The molecule has 3 aromatic rings. The third kappa shape index (κ3) is 4.47. The maximum absolute atomic E-state index is 12.6. The lowest BCUT2D eigenvalue weighted by molar-refractivity contribution is 0.0229. The summed E-state index contributed by atoms with van der Waals surface area (Å²) in [5, 5.41) is 14.9. The molecule has 0 spiro atoms. The molecule has 13 heteroatoms. The molecular formula is C22H30N8O4S. The third-order valence-electron chi connectivity index (χ3n) is 7.04. The molecule has 5 heterocycles. The highest BCUT2D eigenvalue weighted by Crippen LogP contribution is 2.34. The Labute approximate surface area is 203 Å². The van der Waals surface area contributed by atoms with Crippen molar-refractivity contribution >= 4 is 21.6 Å². The number of fused-ring (bicyclic) bond motifs is 1. The normalized spacial score (nSPS) is 24.6. The number of nitrogens with one attached hydrogen (secondary N) is 2. The van der Waals surface area contributed by atoms with Gasteiger partial charge in [-0.25, -0.2) is 17.7 Å². The van der Waals surface area contributed by atoms with E-state index in [2.05, 4.69) is 32.4 Å². The van der Waals surface area contributed by atoms with Gasteiger partial charge in [0.2, 0.25) is 21.9 Å². The molecule has 2 aliphatic heterocycles. The maximum atomic E-state index is 12.6. The highest BCUT2D eigenvalue weighted by atomic mass is 32.2. The van der Waals surface area contributed by atoms with Gasteiger partial charge in [-0.3, -0.25) is 5.10 Å². The van der Waals surface area contributed by atoms with E-state index in [1.165, 1.54) is 0 Å². The van der Waals surface area contributed by atoms with E-state index in [1.807, 2.05) is 0 Å². The van der Waals surface area contributed by atoms with Gasteiger partial charge in [-0.2, -0.15) is 14.6 Å². The molecule has 2 saturated heterocycles. The van der Waals surface area contributed by atoms with Crippen molar-refractivity contribution in [3.05, 3.63) is 18.6 Å². The first-order valence-corrected chi connectivity index (χ1v) is 13.7. The highest BCUT2D eigenvalue weighted by molar-refractivity contribution is 7.90. The average Bonchev–Trinajstić information content (AvgIpc) is 3.43. The average molecular weight is 503 g/mol. The molecule has 0 amide bonds. The van der Waals surface area contributed by atoms with Crippen molar-refractivity contribution in [2.75, 3.05) is 31.6 Å². The lowest BCUT2D eigenvalue weighted by atomic mass is 9.95. The minimum atomic E-state index is -3.16. The smallest absolute Gasteiger partial charge is 0.244 e. The Morgan fingerprint density at radius 2 is 2.00 bits per heavy atom. The van der Waals surface area contributed by atoms with Gasteiger partial charge in [-0.15, -0.1) is 5.10 Å². The van der Waals surface area contributed by atoms with Crippen molar-refractivity contribution in [1.29, 1.82) is 0 Å². The van der Waals surface area contributed by atoms with Crippen LogP contribution in [0.25, 0.3) is 16.9 Å². The number of ether oxygens (including phenoxy) is 2. The summed E-state index contributed by atoms with van der Waals surface area (Å²) in [6, 6.07) is 0.0687. The molecule has 1 saturated carbocycles. The molecule has 6 rings (SSSR count). The van der Waals surface area contributed by atoms with Crippen LogP contribution in [-0.2, 0) is 14.8 Å². The Morgan fingerprint density at radius 3 is 2.71 bits per heavy atom. The zero-order valence-electron chi connectivity index (χ0n) is 19.6. The van der Waals surface area contributed by atoms with Crippen LogP contribution in [0.3, 0.4) is 0 Å². The molecule has 0 bridgehead atoms. The lowest BCUT2D eigenvalue weighted by Crippen LogP contribution is -2.48. The quantitative estimate of drug-likeness (QED) is 0.494. The van der Waals surface area contributed by atoms with Crippen molar-refractivity contribution in [2.45, 2.75) is 56.4 Å². The Balaban J connectivity index is 1.25. The van der Waals surface area contributed by atoms with Crippen molar-refractivity contribution in [3.8, 4) is 17.1 Å². The van der Waals surface area contributed by atoms with E-state index in [9.17, 15) is 8.42 Å². The van der Waals surface area contributed by atoms with E-state index in [0.29, 0.717) is 55.9 Å². The summed E-state index contributed by atoms with van der Waals surface area (Å²) >= 11 is 0. The number of rotatable bonds is 7. The number of hydrogen-bond acceptors (Lipinski definition) is 9. The van der Waals surface area contributed by atoms with Crippen LogP contribution in [0.2, 0.25) is 0 Å². The first-order valence-electron chi connectivity index (χ1n) is 12.2. The van der Waals surface area contributed by atoms with Gasteiger partial charge in [0.15, 0.2) is 5.65 Å². The summed E-state index contributed by atoms with van der Waals surface area (Å²) in [5.74, 6) is 1.12. The predicted molar refractivity (Wildman–Crippen MR) is 128 cm³/mol. The van der Waals surface area contributed by atoms with Gasteiger partial charge in [0.25, 0.3) is 0 Å². The molecule has 0 radical (unpaired) electrons. The number of aromatic amines is 1. The minimum absolute atomic E-state index is 0.000163. The zero-order chi connectivity index (χ0) is 24.0. The molecule has 0 unspecified atom stereocenters. The van der Waals surface area contributed by atoms with Crippen molar-refractivity contribution in [3.63, 3.8) is 0 Å². The standard InChI is InChI=1S/C22H30N8O4S/c1-14-13-29(35(31,32)17-2-3-17)7-4-18(14)26-22-27-19-12-23-20(15-10-24-25-11-15)21(30(19)28-22)34-16-5-8-33-9-6-16/h10-12,14,16-18H,2-9,13H2,1H3,(H,24,25)(H,26,28)/t14-,18+/m1/s1. The van der Waals surface area contributed by atoms with Gasteiger partial charge in [0, 0.05) is 43.7 Å². The fourth-order valence-corrected chi connectivity index (χ4v) is 6.78. The molecule has 3 aromatic heterocycles. The molecule has 2 N–H and O–H groups in total. The van der Waals surface area contributed by atoms with E-state index in [0.717, 1.165) is 31.2 Å². The number of aromatic nitrogens is 6. The largest absolute Gasteiger partial charge is 0.473 e. The summed E-state index contributed by atoms with van der Waals surface area (Å²) in [6.07, 6.45) is 9.00. The molecule has 3 aliphatic rings. The predicted octanol–water partition coefficient (Wildman–Crippen LogP) is 1.69. The molecule has 35 heavy (non-hydrogen) atoms. The number of nitrogens with zero attached hydrogens (tertiary/aromatic N) is 6. The molecule has 12 nitrogen and oxygen atoms in total. The van der Waals surface area contributed by atoms with Crippen LogP contribution in [0.4, 0.5) is 5.95 Å². The molecule has 2 atom stereocenters. The monoisotopic (exact) mass is 502 g/mol. The zero-order valence-corrected chi connectivity index (χ0v) is 20.4. The van der Waals surface area contributed by atoms with Crippen LogP contribution >= 0.6 is 0 Å².